The quantitative estimate of drug-likeness (QED) is 0.419. The summed E-state index contributed by atoms with van der Waals surface area (Å²) < 4.78 is 7.97. The Morgan fingerprint density at radius 3 is 2.79 bits per heavy atom. The molecule has 0 aliphatic heterocycles. The second kappa shape index (κ2) is 11.1. The second-order valence-corrected chi connectivity index (χ2v) is 10.3. The van der Waals surface area contributed by atoms with E-state index >= 15 is 0 Å². The van der Waals surface area contributed by atoms with Gasteiger partial charge in [-0.25, -0.2) is 0 Å². The van der Waals surface area contributed by atoms with Gasteiger partial charge in [-0.2, -0.15) is 0 Å². The van der Waals surface area contributed by atoms with E-state index in [-0.39, 0.29) is 11.7 Å². The zero-order valence-corrected chi connectivity index (χ0v) is 21.0. The van der Waals surface area contributed by atoms with E-state index in [9.17, 15) is 4.79 Å². The summed E-state index contributed by atoms with van der Waals surface area (Å²) in [7, 11) is 0. The molecular weight excluding hydrogens is 456 g/mol. The summed E-state index contributed by atoms with van der Waals surface area (Å²) in [6.07, 6.45) is 6.13. The summed E-state index contributed by atoms with van der Waals surface area (Å²) in [5.74, 6) is 2.18. The molecular formula is C23H30N6O2S2. The summed E-state index contributed by atoms with van der Waals surface area (Å²) >= 11 is 2.85. The van der Waals surface area contributed by atoms with Gasteiger partial charge in [0.2, 0.25) is 11.0 Å². The maximum atomic E-state index is 12.5. The van der Waals surface area contributed by atoms with Gasteiger partial charge in [0.05, 0.1) is 5.75 Å². The number of aromatic nitrogens is 5. The van der Waals surface area contributed by atoms with Crippen LogP contribution in [0.25, 0.3) is 0 Å². The van der Waals surface area contributed by atoms with Crippen LogP contribution in [-0.2, 0) is 17.9 Å². The summed E-state index contributed by atoms with van der Waals surface area (Å²) in [6, 6.07) is 6.13. The fraction of sp³-hybridized carbons (Fsp3) is 0.522. The fourth-order valence-electron chi connectivity index (χ4n) is 3.94. The van der Waals surface area contributed by atoms with Crippen molar-refractivity contribution in [2.45, 2.75) is 77.1 Å². The zero-order chi connectivity index (χ0) is 23.2. The van der Waals surface area contributed by atoms with Gasteiger partial charge >= 0.3 is 0 Å². The maximum absolute atomic E-state index is 12.5. The summed E-state index contributed by atoms with van der Waals surface area (Å²) in [5.41, 5.74) is 2.23. The van der Waals surface area contributed by atoms with Crippen LogP contribution in [0.2, 0.25) is 0 Å². The van der Waals surface area contributed by atoms with Gasteiger partial charge in [-0.05, 0) is 50.8 Å². The standard InChI is InChI=1S/C23H30N6O2S2/c1-4-29-19(13-31-18-12-15(2)10-11-16(18)3)25-28-23(29)32-14-20(30)24-22-27-26-21(33-22)17-8-6-5-7-9-17/h10-12,17H,4-9,13-14H2,1-3H3,(H,24,27,30). The smallest absolute Gasteiger partial charge is 0.236 e. The Kier molecular flexibility index (Phi) is 7.97. The van der Waals surface area contributed by atoms with Crippen LogP contribution in [0.1, 0.15) is 66.9 Å². The molecule has 1 aromatic carbocycles. The number of hydrogen-bond donors (Lipinski definition) is 1. The van der Waals surface area contributed by atoms with Crippen LogP contribution < -0.4 is 10.1 Å². The van der Waals surface area contributed by atoms with Crippen molar-refractivity contribution in [1.82, 2.24) is 25.0 Å². The SMILES string of the molecule is CCn1c(COc2cc(C)ccc2C)nnc1SCC(=O)Nc1nnc(C2CCCCC2)s1. The molecule has 0 unspecified atom stereocenters. The molecule has 1 fully saturated rings. The van der Waals surface area contributed by atoms with E-state index in [0.717, 1.165) is 27.7 Å². The molecule has 2 aromatic heterocycles. The van der Waals surface area contributed by atoms with Crippen LogP contribution >= 0.6 is 23.1 Å². The summed E-state index contributed by atoms with van der Waals surface area (Å²) in [6.45, 7) is 7.12. The lowest BCUT2D eigenvalue weighted by atomic mass is 9.90. The Balaban J connectivity index is 1.31. The predicted octanol–water partition coefficient (Wildman–Crippen LogP) is 5.12. The highest BCUT2D eigenvalue weighted by Gasteiger charge is 2.20. The first-order valence-corrected chi connectivity index (χ1v) is 13.2. The predicted molar refractivity (Wildman–Crippen MR) is 131 cm³/mol. The van der Waals surface area contributed by atoms with Gasteiger partial charge in [-0.1, -0.05) is 54.5 Å². The highest BCUT2D eigenvalue weighted by Crippen LogP contribution is 2.35. The number of thioether (sulfide) groups is 1. The average molecular weight is 487 g/mol. The molecule has 0 bridgehead atoms. The van der Waals surface area contributed by atoms with E-state index in [1.807, 2.05) is 37.5 Å². The van der Waals surface area contributed by atoms with Crippen LogP contribution in [0.4, 0.5) is 5.13 Å². The molecule has 10 heteroatoms. The lowest BCUT2D eigenvalue weighted by Crippen LogP contribution is -2.14. The molecule has 8 nitrogen and oxygen atoms in total. The molecule has 4 rings (SSSR count). The van der Waals surface area contributed by atoms with Crippen LogP contribution in [0.15, 0.2) is 23.4 Å². The van der Waals surface area contributed by atoms with Crippen molar-refractivity contribution in [3.8, 4) is 5.75 Å². The average Bonchev–Trinajstić information content (AvgIpc) is 3.45. The number of hydrogen-bond acceptors (Lipinski definition) is 8. The highest BCUT2D eigenvalue weighted by molar-refractivity contribution is 7.99. The number of carbonyl (C=O) groups excluding carboxylic acids is 1. The molecule has 176 valence electrons. The fourth-order valence-corrected chi connectivity index (χ4v) is 5.69. The Morgan fingerprint density at radius 1 is 1.18 bits per heavy atom. The Labute approximate surface area is 202 Å². The Hall–Kier alpha value is -2.46. The minimum atomic E-state index is -0.120. The number of carbonyl (C=O) groups is 1. The van der Waals surface area contributed by atoms with E-state index in [1.165, 1.54) is 55.2 Å². The molecule has 2 heterocycles. The normalized spacial score (nSPS) is 14.4. The molecule has 0 spiro atoms. The number of aryl methyl sites for hydroxylation is 2. The number of ether oxygens (including phenoxy) is 1. The lowest BCUT2D eigenvalue weighted by Gasteiger charge is -2.18. The molecule has 3 aromatic rings. The van der Waals surface area contributed by atoms with Crippen LogP contribution in [0, 0.1) is 13.8 Å². The van der Waals surface area contributed by atoms with Crippen LogP contribution in [0.3, 0.4) is 0 Å². The van der Waals surface area contributed by atoms with Gasteiger partial charge in [0, 0.05) is 12.5 Å². The van der Waals surface area contributed by atoms with Gasteiger partial charge in [-0.15, -0.1) is 20.4 Å². The number of rotatable bonds is 9. The van der Waals surface area contributed by atoms with Gasteiger partial charge < -0.3 is 9.30 Å². The number of anilines is 1. The van der Waals surface area contributed by atoms with E-state index in [4.69, 9.17) is 4.74 Å². The van der Waals surface area contributed by atoms with E-state index in [2.05, 4.69) is 31.8 Å². The van der Waals surface area contributed by atoms with E-state index < -0.39 is 0 Å². The highest BCUT2D eigenvalue weighted by atomic mass is 32.2. The maximum Gasteiger partial charge on any atom is 0.236 e. The third-order valence-corrected chi connectivity index (χ3v) is 7.75. The van der Waals surface area contributed by atoms with Crippen LogP contribution in [-0.4, -0.2) is 36.6 Å². The minimum absolute atomic E-state index is 0.120. The van der Waals surface area contributed by atoms with E-state index in [0.29, 0.717) is 29.4 Å². The van der Waals surface area contributed by atoms with Crippen molar-refractivity contribution >= 4 is 34.1 Å². The van der Waals surface area contributed by atoms with E-state index in [1.54, 1.807) is 0 Å². The Morgan fingerprint density at radius 2 is 2.00 bits per heavy atom. The van der Waals surface area contributed by atoms with Crippen molar-refractivity contribution in [3.63, 3.8) is 0 Å². The van der Waals surface area contributed by atoms with Gasteiger partial charge in [0.15, 0.2) is 11.0 Å². The van der Waals surface area contributed by atoms with Gasteiger partial charge in [0.1, 0.15) is 17.4 Å². The third kappa shape index (κ3) is 6.11. The third-order valence-electron chi connectivity index (χ3n) is 5.78. The Bertz CT molecular complexity index is 1090. The number of benzene rings is 1. The largest absolute Gasteiger partial charge is 0.485 e. The summed E-state index contributed by atoms with van der Waals surface area (Å²) in [5, 5.41) is 22.2. The van der Waals surface area contributed by atoms with Crippen molar-refractivity contribution in [2.75, 3.05) is 11.1 Å². The van der Waals surface area contributed by atoms with Crippen molar-refractivity contribution in [1.29, 1.82) is 0 Å². The monoisotopic (exact) mass is 486 g/mol. The molecule has 1 saturated carbocycles. The van der Waals surface area contributed by atoms with Crippen molar-refractivity contribution < 1.29 is 9.53 Å². The second-order valence-electron chi connectivity index (χ2n) is 8.32. The number of nitrogens with one attached hydrogen (secondary N) is 1. The molecule has 1 aliphatic rings. The lowest BCUT2D eigenvalue weighted by molar-refractivity contribution is -0.113. The molecule has 1 N–H and O–H groups in total. The molecule has 1 amide bonds. The van der Waals surface area contributed by atoms with Crippen molar-refractivity contribution in [3.05, 3.63) is 40.2 Å². The minimum Gasteiger partial charge on any atom is -0.485 e. The molecule has 0 saturated heterocycles. The van der Waals surface area contributed by atoms with Crippen molar-refractivity contribution in [2.24, 2.45) is 0 Å². The number of amides is 1. The zero-order valence-electron chi connectivity index (χ0n) is 19.3. The summed E-state index contributed by atoms with van der Waals surface area (Å²) in [4.78, 5) is 12.5. The molecule has 0 radical (unpaired) electrons. The van der Waals surface area contributed by atoms with Crippen LogP contribution in [0.5, 0.6) is 5.75 Å². The molecule has 0 atom stereocenters. The van der Waals surface area contributed by atoms with Gasteiger partial charge in [-0.3, -0.25) is 10.1 Å². The first-order chi connectivity index (χ1) is 16.0. The molecule has 1 aliphatic carbocycles. The number of nitrogens with zero attached hydrogens (tertiary/aromatic N) is 5. The molecule has 33 heavy (non-hydrogen) atoms. The topological polar surface area (TPSA) is 94.8 Å². The first-order valence-electron chi connectivity index (χ1n) is 11.4. The van der Waals surface area contributed by atoms with Gasteiger partial charge in [0.25, 0.3) is 0 Å². The first kappa shape index (κ1) is 23.7.